The molecule has 4 fully saturated rings. The van der Waals surface area contributed by atoms with Gasteiger partial charge in [-0.3, -0.25) is 38.4 Å². The van der Waals surface area contributed by atoms with Crippen molar-refractivity contribution in [3.8, 4) is 34.2 Å². The zero-order valence-corrected chi connectivity index (χ0v) is 87.9. The molecule has 756 valence electrons. The first-order chi connectivity index (χ1) is 67.9. The van der Waals surface area contributed by atoms with E-state index in [9.17, 15) is 43.5 Å². The summed E-state index contributed by atoms with van der Waals surface area (Å²) in [6, 6.07) is 31.0. The standard InChI is InChI=1S/C40H53N5O2S.2C38H48N4O4S/c1-26-5-9-29(10-6-26)30-13-15-31(16-14-30)33-24-42-37(43-25-33)32-11-7-27(8-12-32)21-34(38(46)44-23-28-19-20-41-22-28)45-39(47)35-17-18-36(48-35)40(2,3)4;1-23-6-10-26(11-7-23)27-14-16-28(17-15-27)30-21-39-34(40-22-30)29-12-8-25(9-13-29)20-31(35(43)41-24(2)37(45)46)42-36(44)32-18-19-33(47-32)38(3,4)5;1-24-5-9-26(10-6-24)27-13-15-28(16-14-27)30-22-40-35(41-23-30)29-11-7-25(8-12-29)21-31(36(45)39-20-19-34(43)44)42-37(46)32-17-18-33(47-32)38(2,3)4/h7-8,11-12,15,17-18,24-26,28-30,34,41H,5-6,9-10,13-14,16,19-23H2,1-4H3,(H,44,46)(H,45,47);8-9,12-13,16,18-19,21-24,26-27,31H,6-7,10-11,14-15,17,20H2,1-5H3,(H,41,43)(H,42,44)(H,45,46);7-8,11-12,15,17-18,22-24,26-27,31H,5-6,9-10,13-14,16,19-21H2,1-4H3,(H,39,45)(H,42,46)(H,43,44)/t26?,28?,29?,30?,34-;23?,24-,26?,27?,31+;24?,26?,27?,31-/m010/s1. The number of aliphatic carboxylic acids is 2. The second-order valence-electron chi connectivity index (χ2n) is 44.4. The van der Waals surface area contributed by atoms with Gasteiger partial charge in [-0.05, 0) is 268 Å². The van der Waals surface area contributed by atoms with Gasteiger partial charge in [0.1, 0.15) is 24.2 Å². The number of carbonyl (C=O) groups is 8. The van der Waals surface area contributed by atoms with Crippen LogP contribution in [-0.2, 0) is 59.5 Å². The van der Waals surface area contributed by atoms with Crippen molar-refractivity contribution >= 4 is 98.1 Å². The van der Waals surface area contributed by atoms with Gasteiger partial charge in [-0.25, -0.2) is 29.9 Å². The maximum atomic E-state index is 13.4. The van der Waals surface area contributed by atoms with Crippen LogP contribution in [0.2, 0.25) is 0 Å². The molecule has 16 rings (SSSR count). The maximum absolute atomic E-state index is 13.4. The van der Waals surface area contributed by atoms with Crippen molar-refractivity contribution in [2.45, 2.75) is 297 Å². The number of carbonyl (C=O) groups excluding carboxylic acids is 6. The van der Waals surface area contributed by atoms with E-state index in [4.69, 9.17) is 15.1 Å². The summed E-state index contributed by atoms with van der Waals surface area (Å²) in [6.07, 6.45) is 47.7. The predicted molar refractivity (Wildman–Crippen MR) is 570 cm³/mol. The molecule has 142 heavy (non-hydrogen) atoms. The lowest BCUT2D eigenvalue weighted by molar-refractivity contribution is -0.141. The molecule has 0 radical (unpaired) electrons. The van der Waals surface area contributed by atoms with Gasteiger partial charge in [0.25, 0.3) is 17.7 Å². The number of hydrogen-bond donors (Lipinski definition) is 9. The van der Waals surface area contributed by atoms with E-state index in [1.807, 2.05) is 134 Å². The number of amides is 6. The van der Waals surface area contributed by atoms with Crippen LogP contribution in [0.15, 0.2) is 165 Å². The van der Waals surface area contributed by atoms with E-state index >= 15 is 0 Å². The van der Waals surface area contributed by atoms with Gasteiger partial charge in [-0.2, -0.15) is 0 Å². The van der Waals surface area contributed by atoms with Crippen LogP contribution in [0, 0.1) is 59.2 Å². The monoisotopic (exact) mass is 1980 g/mol. The molecule has 1 saturated heterocycles. The molecule has 0 bridgehead atoms. The zero-order valence-electron chi connectivity index (χ0n) is 85.5. The normalized spacial score (nSPS) is 21.9. The van der Waals surface area contributed by atoms with Gasteiger partial charge in [-0.15, -0.1) is 34.0 Å². The summed E-state index contributed by atoms with van der Waals surface area (Å²) in [5, 5.41) is 38.7. The van der Waals surface area contributed by atoms with E-state index in [1.165, 1.54) is 160 Å². The number of carboxylic acids is 2. The number of carboxylic acid groups (broad SMARTS) is 2. The van der Waals surface area contributed by atoms with E-state index in [0.29, 0.717) is 51.0 Å². The molecule has 6 amide bonds. The number of aromatic nitrogens is 6. The molecule has 9 N–H and O–H groups in total. The lowest BCUT2D eigenvalue weighted by Crippen LogP contribution is -2.51. The Morgan fingerprint density at radius 2 is 0.683 bits per heavy atom. The Labute approximate surface area is 852 Å². The smallest absolute Gasteiger partial charge is 0.325 e. The van der Waals surface area contributed by atoms with Crippen molar-refractivity contribution in [1.29, 1.82) is 0 Å². The Kier molecular flexibility index (Phi) is 37.2. The number of hydrogen-bond acceptors (Lipinski definition) is 18. The van der Waals surface area contributed by atoms with Gasteiger partial charge < -0.3 is 47.4 Å². The summed E-state index contributed by atoms with van der Waals surface area (Å²) in [6.45, 7) is 29.9. The van der Waals surface area contributed by atoms with Crippen LogP contribution >= 0.6 is 34.0 Å². The minimum Gasteiger partial charge on any atom is -0.481 e. The largest absolute Gasteiger partial charge is 0.481 e. The van der Waals surface area contributed by atoms with Crippen LogP contribution in [0.25, 0.3) is 50.9 Å². The number of rotatable bonds is 31. The molecule has 7 aliphatic rings. The Morgan fingerprint density at radius 3 is 0.951 bits per heavy atom. The fourth-order valence-electron chi connectivity index (χ4n) is 20.9. The third-order valence-corrected chi connectivity index (χ3v) is 34.8. The molecule has 0 spiro atoms. The Hall–Kier alpha value is -11.1. The van der Waals surface area contributed by atoms with Crippen LogP contribution < -0.4 is 37.2 Å². The van der Waals surface area contributed by atoms with E-state index in [2.05, 4.69) is 158 Å². The van der Waals surface area contributed by atoms with Gasteiger partial charge >= 0.3 is 11.9 Å². The summed E-state index contributed by atoms with van der Waals surface area (Å²) in [7, 11) is 0. The first kappa shape index (κ1) is 107. The average Bonchev–Trinajstić information content (AvgIpc) is 1.08. The summed E-state index contributed by atoms with van der Waals surface area (Å²) >= 11 is 4.28. The zero-order chi connectivity index (χ0) is 101. The van der Waals surface area contributed by atoms with Gasteiger partial charge in [0.15, 0.2) is 17.5 Å². The highest BCUT2D eigenvalue weighted by molar-refractivity contribution is 7.14. The van der Waals surface area contributed by atoms with Gasteiger partial charge in [-0.1, -0.05) is 213 Å². The third-order valence-electron chi connectivity index (χ3n) is 30.2. The molecule has 23 nitrogen and oxygen atoms in total. The fraction of sp³-hybridized carbons (Fsp3) is 0.517. The van der Waals surface area contributed by atoms with Gasteiger partial charge in [0, 0.05) is 118 Å². The molecule has 8 atom stereocenters. The Bertz CT molecular complexity index is 5830. The second kappa shape index (κ2) is 49.5. The highest BCUT2D eigenvalue weighted by atomic mass is 32.1. The average molecular weight is 1980 g/mol. The SMILES string of the molecule is CC1CCC(C2CC=C(c3cnc(-c4ccc(C[C@H](NC(=O)c5ccc(C(C)(C)C)s5)C(=O)NCC5CCNC5)cc4)nc3)CC2)CC1.CC1CCC(C2CC=C(c3cnc(-c4ccc(C[C@H](NC(=O)c5ccc(C(C)(C)C)s5)C(=O)NCCC(=O)O)cc4)nc3)CC2)CC1.CC1CCC(C2CC=C(c3cnc(-c4ccc(C[C@H](NC(=O)c5ccc(C(C)(C)C)s5)C(=O)N[C@H](C)C(=O)O)cc4)nc3)CC2)CC1. The van der Waals surface area contributed by atoms with Crippen molar-refractivity contribution in [1.82, 2.24) is 67.1 Å². The maximum Gasteiger partial charge on any atom is 0.325 e. The van der Waals surface area contributed by atoms with Crippen molar-refractivity contribution in [2.75, 3.05) is 26.2 Å². The summed E-state index contributed by atoms with van der Waals surface area (Å²) in [4.78, 5) is 135. The fourth-order valence-corrected chi connectivity index (χ4v) is 23.8. The first-order valence-corrected chi connectivity index (χ1v) is 54.5. The van der Waals surface area contributed by atoms with E-state index < -0.39 is 47.9 Å². The quantitative estimate of drug-likeness (QED) is 0.0195. The first-order valence-electron chi connectivity index (χ1n) is 52.0. The Balaban J connectivity index is 0.000000169. The number of nitrogens with zero attached hydrogens (tertiary/aromatic N) is 6. The van der Waals surface area contributed by atoms with Crippen LogP contribution in [0.5, 0.6) is 0 Å². The van der Waals surface area contributed by atoms with Crippen molar-refractivity contribution < 1.29 is 48.6 Å². The van der Waals surface area contributed by atoms with Crippen molar-refractivity contribution in [3.63, 3.8) is 0 Å². The molecule has 4 unspecified atom stereocenters. The van der Waals surface area contributed by atoms with Crippen LogP contribution in [0.4, 0.5) is 0 Å². The van der Waals surface area contributed by atoms with Crippen LogP contribution in [0.1, 0.15) is 315 Å². The van der Waals surface area contributed by atoms with Crippen LogP contribution in [0.3, 0.4) is 0 Å². The van der Waals surface area contributed by atoms with Crippen molar-refractivity contribution in [2.24, 2.45) is 59.2 Å². The summed E-state index contributed by atoms with van der Waals surface area (Å²) < 4.78 is 0. The highest BCUT2D eigenvalue weighted by Crippen LogP contribution is 2.46. The third kappa shape index (κ3) is 30.3. The molecule has 6 aromatic heterocycles. The highest BCUT2D eigenvalue weighted by Gasteiger charge is 2.36. The van der Waals surface area contributed by atoms with Crippen LogP contribution in [-0.4, -0.2) is 138 Å². The van der Waals surface area contributed by atoms with Gasteiger partial charge in [0.2, 0.25) is 17.7 Å². The molecule has 26 heteroatoms. The molecular formula is C116H149N13O10S3. The number of thiophene rings is 3. The van der Waals surface area contributed by atoms with Gasteiger partial charge in [0.05, 0.1) is 21.1 Å². The molecular weight excluding hydrogens is 1830 g/mol. The summed E-state index contributed by atoms with van der Waals surface area (Å²) in [5.74, 6) is 5.96. The summed E-state index contributed by atoms with van der Waals surface area (Å²) in [5.41, 5.74) is 12.4. The van der Waals surface area contributed by atoms with Crippen molar-refractivity contribution in [3.05, 3.63) is 227 Å². The van der Waals surface area contributed by atoms with E-state index in [-0.39, 0.29) is 65.7 Å². The van der Waals surface area contributed by atoms with E-state index in [1.54, 1.807) is 12.1 Å². The minimum absolute atomic E-state index is 0.0165. The molecule has 3 aromatic carbocycles. The number of allylic oxidation sites excluding steroid dienone is 6. The van der Waals surface area contributed by atoms with E-state index in [0.717, 1.165) is 170 Å². The lowest BCUT2D eigenvalue weighted by Gasteiger charge is -2.34. The second-order valence-corrected chi connectivity index (χ2v) is 47.6. The molecule has 1 aliphatic heterocycles. The predicted octanol–water partition coefficient (Wildman–Crippen LogP) is 22.5. The molecule has 9 aromatic rings. The Morgan fingerprint density at radius 1 is 0.373 bits per heavy atom. The molecule has 6 aliphatic carbocycles. The minimum atomic E-state index is -1.15. The number of benzene rings is 3. The molecule has 3 saturated carbocycles. The lowest BCUT2D eigenvalue weighted by atomic mass is 9.71. The number of nitrogens with one attached hydrogen (secondary N) is 7. The molecule has 7 heterocycles. The topological polar surface area (TPSA) is 339 Å².